The number of carbonyl (C=O) groups is 2. The Morgan fingerprint density at radius 2 is 1.56 bits per heavy atom. The number of aliphatic hydroxyl groups excluding tert-OH is 1. The van der Waals surface area contributed by atoms with E-state index < -0.39 is 0 Å². The fraction of sp³-hybridized carbons (Fsp3) is 0.524. The van der Waals surface area contributed by atoms with E-state index >= 15 is 0 Å². The Morgan fingerprint density at radius 3 is 2.08 bits per heavy atom. The number of rotatable bonds is 9. The molecule has 138 valence electrons. The molecule has 0 spiro atoms. The predicted octanol–water partition coefficient (Wildman–Crippen LogP) is 5.84. The maximum Gasteiger partial charge on any atom is 0.227 e. The Hall–Kier alpha value is -1.55. The monoisotopic (exact) mass is 362 g/mol. The highest BCUT2D eigenvalue weighted by Gasteiger charge is 2.34. The molecule has 0 amide bonds. The third-order valence-electron chi connectivity index (χ3n) is 4.17. The molecule has 4 heteroatoms. The average Bonchev–Trinajstić information content (AvgIpc) is 2.79. The lowest BCUT2D eigenvalue weighted by Crippen LogP contribution is -2.05. The average molecular weight is 363 g/mol. The van der Waals surface area contributed by atoms with Crippen LogP contribution in [0.25, 0.3) is 0 Å². The zero-order chi connectivity index (χ0) is 19.0. The Morgan fingerprint density at radius 1 is 1.00 bits per heavy atom. The lowest BCUT2D eigenvalue weighted by atomic mass is 10.0. The fourth-order valence-electron chi connectivity index (χ4n) is 2.64. The molecule has 0 aromatic rings. The first kappa shape index (κ1) is 21.5. The molecular weight excluding hydrogens is 332 g/mol. The van der Waals surface area contributed by atoms with Gasteiger partial charge in [0, 0.05) is 0 Å². The standard InChI is InChI=1S/C21H30O3S/c1-14(2)8-6-9-15(3)10-7-11-16(4)12-13-18-20(23)19(17(5)22)21(24)25-18/h8,10,12,18,23H,6-7,9,11,13H2,1-5H3/b15-10+,16-12+. The van der Waals surface area contributed by atoms with E-state index in [9.17, 15) is 14.7 Å². The summed E-state index contributed by atoms with van der Waals surface area (Å²) in [6, 6.07) is 0. The van der Waals surface area contributed by atoms with Crippen LogP contribution in [0.2, 0.25) is 0 Å². The van der Waals surface area contributed by atoms with Gasteiger partial charge in [-0.2, -0.15) is 0 Å². The van der Waals surface area contributed by atoms with Crippen LogP contribution >= 0.6 is 11.8 Å². The van der Waals surface area contributed by atoms with Crippen LogP contribution in [-0.4, -0.2) is 21.3 Å². The van der Waals surface area contributed by atoms with Crippen molar-refractivity contribution >= 4 is 22.7 Å². The number of ketones is 1. The second-order valence-corrected chi connectivity index (χ2v) is 8.08. The summed E-state index contributed by atoms with van der Waals surface area (Å²) >= 11 is 1.05. The van der Waals surface area contributed by atoms with Crippen molar-refractivity contribution in [2.24, 2.45) is 0 Å². The maximum atomic E-state index is 11.7. The van der Waals surface area contributed by atoms with Gasteiger partial charge < -0.3 is 5.11 Å². The van der Waals surface area contributed by atoms with Crippen LogP contribution in [0.3, 0.4) is 0 Å². The summed E-state index contributed by atoms with van der Waals surface area (Å²) in [6.07, 6.45) is 11.4. The van der Waals surface area contributed by atoms with Crippen LogP contribution in [0.5, 0.6) is 0 Å². The van der Waals surface area contributed by atoms with Gasteiger partial charge in [-0.25, -0.2) is 0 Å². The van der Waals surface area contributed by atoms with Gasteiger partial charge in [0.2, 0.25) is 5.12 Å². The molecule has 25 heavy (non-hydrogen) atoms. The van der Waals surface area contributed by atoms with Crippen molar-refractivity contribution in [3.05, 3.63) is 46.3 Å². The molecule has 1 heterocycles. The highest BCUT2D eigenvalue weighted by atomic mass is 32.2. The summed E-state index contributed by atoms with van der Waals surface area (Å²) in [5, 5.41) is 9.42. The second kappa shape index (κ2) is 10.4. The highest BCUT2D eigenvalue weighted by Crippen LogP contribution is 2.35. The molecule has 1 aliphatic rings. The Bertz CT molecular complexity index is 632. The topological polar surface area (TPSA) is 54.4 Å². The van der Waals surface area contributed by atoms with E-state index in [0.717, 1.165) is 37.4 Å². The highest BCUT2D eigenvalue weighted by molar-refractivity contribution is 8.15. The van der Waals surface area contributed by atoms with E-state index in [2.05, 4.69) is 45.9 Å². The predicted molar refractivity (Wildman–Crippen MR) is 107 cm³/mol. The third-order valence-corrected chi connectivity index (χ3v) is 5.29. The van der Waals surface area contributed by atoms with Gasteiger partial charge in [-0.1, -0.05) is 46.7 Å². The van der Waals surface area contributed by atoms with Gasteiger partial charge >= 0.3 is 0 Å². The molecule has 1 N–H and O–H groups in total. The largest absolute Gasteiger partial charge is 0.510 e. The first-order valence-corrected chi connectivity index (χ1v) is 9.70. The van der Waals surface area contributed by atoms with Crippen molar-refractivity contribution < 1.29 is 14.7 Å². The van der Waals surface area contributed by atoms with Crippen LogP contribution in [0, 0.1) is 0 Å². The molecule has 1 unspecified atom stereocenters. The molecular formula is C21H30O3S. The van der Waals surface area contributed by atoms with E-state index in [1.54, 1.807) is 0 Å². The quantitative estimate of drug-likeness (QED) is 0.413. The van der Waals surface area contributed by atoms with Crippen molar-refractivity contribution in [1.29, 1.82) is 0 Å². The van der Waals surface area contributed by atoms with Crippen molar-refractivity contribution in [1.82, 2.24) is 0 Å². The molecule has 0 aromatic carbocycles. The fourth-order valence-corrected chi connectivity index (χ4v) is 3.69. The van der Waals surface area contributed by atoms with Gasteiger partial charge in [0.1, 0.15) is 11.3 Å². The van der Waals surface area contributed by atoms with E-state index in [1.807, 2.05) is 0 Å². The molecule has 0 bridgehead atoms. The van der Waals surface area contributed by atoms with Gasteiger partial charge in [-0.3, -0.25) is 9.59 Å². The van der Waals surface area contributed by atoms with E-state index in [0.29, 0.717) is 6.42 Å². The lowest BCUT2D eigenvalue weighted by molar-refractivity contribution is -0.116. The number of thioether (sulfide) groups is 1. The van der Waals surface area contributed by atoms with Crippen molar-refractivity contribution in [2.45, 2.75) is 72.0 Å². The van der Waals surface area contributed by atoms with E-state index in [-0.39, 0.29) is 27.5 Å². The summed E-state index contributed by atoms with van der Waals surface area (Å²) in [7, 11) is 0. The van der Waals surface area contributed by atoms with Crippen molar-refractivity contribution in [3.8, 4) is 0 Å². The van der Waals surface area contributed by atoms with Gasteiger partial charge in [0.15, 0.2) is 5.78 Å². The van der Waals surface area contributed by atoms with E-state index in [4.69, 9.17) is 0 Å². The molecule has 1 atom stereocenters. The Kier molecular flexibility index (Phi) is 8.98. The Balaban J connectivity index is 2.46. The molecule has 0 saturated carbocycles. The van der Waals surface area contributed by atoms with Gasteiger partial charge in [-0.15, -0.1) is 0 Å². The lowest BCUT2D eigenvalue weighted by Gasteiger charge is -2.07. The van der Waals surface area contributed by atoms with Crippen molar-refractivity contribution in [3.63, 3.8) is 0 Å². The summed E-state index contributed by atoms with van der Waals surface area (Å²) in [6.45, 7) is 9.80. The van der Waals surface area contributed by atoms with E-state index in [1.165, 1.54) is 23.6 Å². The molecule has 0 saturated heterocycles. The zero-order valence-corrected chi connectivity index (χ0v) is 16.8. The second-order valence-electron chi connectivity index (χ2n) is 6.91. The molecule has 1 rings (SSSR count). The molecule has 0 fully saturated rings. The number of Topliss-reactive ketones (excluding diaryl/α,β-unsaturated/α-hetero) is 1. The minimum absolute atomic E-state index is 0.0315. The summed E-state index contributed by atoms with van der Waals surface area (Å²) in [5.41, 5.74) is 3.98. The van der Waals surface area contributed by atoms with Crippen LogP contribution in [-0.2, 0) is 9.59 Å². The van der Waals surface area contributed by atoms with Crippen LogP contribution in [0.4, 0.5) is 0 Å². The third kappa shape index (κ3) is 7.47. The SMILES string of the molecule is CC(=O)C1=C(O)C(C/C=C(\C)CC/C=C(\C)CCC=C(C)C)SC1=O. The first-order chi connectivity index (χ1) is 11.7. The van der Waals surface area contributed by atoms with Gasteiger partial charge in [0.25, 0.3) is 0 Å². The normalized spacial score (nSPS) is 18.8. The number of hydrogen-bond donors (Lipinski definition) is 1. The maximum absolute atomic E-state index is 11.7. The van der Waals surface area contributed by atoms with Crippen molar-refractivity contribution in [2.75, 3.05) is 0 Å². The minimum atomic E-state index is -0.355. The van der Waals surface area contributed by atoms with Crippen LogP contribution in [0.1, 0.15) is 66.7 Å². The zero-order valence-electron chi connectivity index (χ0n) is 16.0. The molecule has 3 nitrogen and oxygen atoms in total. The molecule has 0 radical (unpaired) electrons. The summed E-state index contributed by atoms with van der Waals surface area (Å²) < 4.78 is 0. The minimum Gasteiger partial charge on any atom is -0.510 e. The van der Waals surface area contributed by atoms with Crippen LogP contribution in [0.15, 0.2) is 46.3 Å². The molecule has 0 aliphatic carbocycles. The van der Waals surface area contributed by atoms with Gasteiger partial charge in [-0.05, 0) is 66.7 Å². The molecule has 1 aliphatic heterocycles. The summed E-state index contributed by atoms with van der Waals surface area (Å²) in [5.74, 6) is -0.409. The number of allylic oxidation sites excluding steroid dienone is 6. The smallest absolute Gasteiger partial charge is 0.227 e. The van der Waals surface area contributed by atoms with Crippen LogP contribution < -0.4 is 0 Å². The number of hydrogen-bond acceptors (Lipinski definition) is 4. The molecule has 0 aromatic heterocycles. The number of carbonyl (C=O) groups excluding carboxylic acids is 2. The first-order valence-electron chi connectivity index (χ1n) is 8.82. The number of aliphatic hydroxyl groups is 1. The Labute approximate surface area is 156 Å². The van der Waals surface area contributed by atoms with Gasteiger partial charge in [0.05, 0.1) is 5.25 Å². The summed E-state index contributed by atoms with van der Waals surface area (Å²) in [4.78, 5) is 23.1.